The molecule has 20 heavy (non-hydrogen) atoms. The van der Waals surface area contributed by atoms with Crippen molar-refractivity contribution in [1.82, 2.24) is 10.3 Å². The minimum atomic E-state index is -1.52. The van der Waals surface area contributed by atoms with Gasteiger partial charge >= 0.3 is 0 Å². The van der Waals surface area contributed by atoms with Gasteiger partial charge in [0.15, 0.2) is 6.10 Å². The number of aliphatic hydroxyl groups excluding tert-OH is 1. The second kappa shape index (κ2) is 6.11. The summed E-state index contributed by atoms with van der Waals surface area (Å²) in [7, 11) is 0. The van der Waals surface area contributed by atoms with E-state index in [-0.39, 0.29) is 12.1 Å². The van der Waals surface area contributed by atoms with Gasteiger partial charge in [-0.25, -0.2) is 9.37 Å². The van der Waals surface area contributed by atoms with E-state index in [0.29, 0.717) is 0 Å². The molecule has 1 amide bonds. The predicted octanol–water partition coefficient (Wildman–Crippen LogP) is 2.25. The topological polar surface area (TPSA) is 62.2 Å². The van der Waals surface area contributed by atoms with E-state index in [1.807, 2.05) is 13.8 Å². The number of aromatic nitrogens is 1. The molecule has 4 nitrogen and oxygen atoms in total. The molecule has 0 aliphatic heterocycles. The van der Waals surface area contributed by atoms with Gasteiger partial charge in [0.25, 0.3) is 5.91 Å². The number of carbonyl (C=O) groups is 1. The van der Waals surface area contributed by atoms with Gasteiger partial charge in [-0.2, -0.15) is 0 Å². The van der Waals surface area contributed by atoms with Crippen molar-refractivity contribution >= 4 is 17.2 Å². The van der Waals surface area contributed by atoms with E-state index in [4.69, 9.17) is 0 Å². The van der Waals surface area contributed by atoms with Crippen LogP contribution in [0.25, 0.3) is 0 Å². The summed E-state index contributed by atoms with van der Waals surface area (Å²) in [6.07, 6.45) is -1.52. The maximum absolute atomic E-state index is 13.5. The van der Waals surface area contributed by atoms with Gasteiger partial charge < -0.3 is 10.4 Å². The van der Waals surface area contributed by atoms with Crippen molar-refractivity contribution in [1.29, 1.82) is 0 Å². The fourth-order valence-electron chi connectivity index (χ4n) is 1.71. The monoisotopic (exact) mass is 294 g/mol. The maximum Gasteiger partial charge on any atom is 0.253 e. The number of hydrogen-bond acceptors (Lipinski definition) is 4. The Bertz CT molecular complexity index is 608. The number of thiazole rings is 1. The van der Waals surface area contributed by atoms with E-state index in [1.54, 1.807) is 6.07 Å². The van der Waals surface area contributed by atoms with Gasteiger partial charge in [0.05, 0.1) is 12.2 Å². The van der Waals surface area contributed by atoms with Crippen molar-refractivity contribution in [2.45, 2.75) is 26.5 Å². The molecule has 1 heterocycles. The molecule has 2 aromatic rings. The number of amides is 1. The standard InChI is InChI=1S/C14H15FN2O2S/c1-8-9(2)20-12(17-8)7-16-14(19)13(18)10-5-3-4-6-11(10)15/h3-6,13,18H,7H2,1-2H3,(H,16,19)/t13-/m1/s1. The molecule has 0 spiro atoms. The summed E-state index contributed by atoms with van der Waals surface area (Å²) in [6, 6.07) is 5.67. The maximum atomic E-state index is 13.5. The van der Waals surface area contributed by atoms with E-state index in [1.165, 1.54) is 29.5 Å². The van der Waals surface area contributed by atoms with Crippen LogP contribution in [0.15, 0.2) is 24.3 Å². The number of hydrogen-bond donors (Lipinski definition) is 2. The van der Waals surface area contributed by atoms with Crippen LogP contribution in [0, 0.1) is 19.7 Å². The van der Waals surface area contributed by atoms with Crippen LogP contribution in [0.4, 0.5) is 4.39 Å². The van der Waals surface area contributed by atoms with Gasteiger partial charge in [0.1, 0.15) is 10.8 Å². The van der Waals surface area contributed by atoms with Gasteiger partial charge in [-0.15, -0.1) is 11.3 Å². The second-order valence-corrected chi connectivity index (χ2v) is 5.68. The van der Waals surface area contributed by atoms with Gasteiger partial charge in [0.2, 0.25) is 0 Å². The van der Waals surface area contributed by atoms with Crippen LogP contribution < -0.4 is 5.32 Å². The Morgan fingerprint density at radius 1 is 1.45 bits per heavy atom. The minimum absolute atomic E-state index is 0.0310. The third-order valence-corrected chi connectivity index (χ3v) is 4.01. The zero-order chi connectivity index (χ0) is 14.7. The molecule has 1 atom stereocenters. The molecule has 0 aliphatic rings. The van der Waals surface area contributed by atoms with Crippen LogP contribution in [0.2, 0.25) is 0 Å². The highest BCUT2D eigenvalue weighted by Gasteiger charge is 2.20. The number of carbonyl (C=O) groups excluding carboxylic acids is 1. The Balaban J connectivity index is 2.00. The highest BCUT2D eigenvalue weighted by molar-refractivity contribution is 7.11. The Labute approximate surface area is 120 Å². The summed E-state index contributed by atoms with van der Waals surface area (Å²) in [5.41, 5.74) is 0.894. The van der Waals surface area contributed by atoms with Crippen molar-refractivity contribution in [2.75, 3.05) is 0 Å². The van der Waals surface area contributed by atoms with Gasteiger partial charge in [0, 0.05) is 10.4 Å². The van der Waals surface area contributed by atoms with Crippen molar-refractivity contribution in [3.8, 4) is 0 Å². The van der Waals surface area contributed by atoms with Gasteiger partial charge in [-0.05, 0) is 19.9 Å². The van der Waals surface area contributed by atoms with Crippen LogP contribution in [0.3, 0.4) is 0 Å². The third kappa shape index (κ3) is 3.20. The van der Waals surface area contributed by atoms with Crippen molar-refractivity contribution in [3.05, 3.63) is 51.2 Å². The molecule has 0 saturated carbocycles. The number of nitrogens with one attached hydrogen (secondary N) is 1. The molecule has 2 N–H and O–H groups in total. The highest BCUT2D eigenvalue weighted by atomic mass is 32.1. The third-order valence-electron chi connectivity index (χ3n) is 2.93. The second-order valence-electron chi connectivity index (χ2n) is 4.39. The average molecular weight is 294 g/mol. The summed E-state index contributed by atoms with van der Waals surface area (Å²) in [6.45, 7) is 4.07. The number of rotatable bonds is 4. The number of nitrogens with zero attached hydrogens (tertiary/aromatic N) is 1. The molecule has 6 heteroatoms. The Hall–Kier alpha value is -1.79. The van der Waals surface area contributed by atoms with E-state index in [9.17, 15) is 14.3 Å². The number of benzene rings is 1. The smallest absolute Gasteiger partial charge is 0.253 e. The van der Waals surface area contributed by atoms with Crippen LogP contribution in [0.1, 0.15) is 27.2 Å². The summed E-state index contributed by atoms with van der Waals surface area (Å²) in [5, 5.41) is 13.2. The van der Waals surface area contributed by atoms with Crippen molar-refractivity contribution in [3.63, 3.8) is 0 Å². The Kier molecular flexibility index (Phi) is 4.46. The number of halogens is 1. The molecule has 0 saturated heterocycles. The quantitative estimate of drug-likeness (QED) is 0.909. The Morgan fingerprint density at radius 2 is 2.15 bits per heavy atom. The first-order valence-corrected chi connectivity index (χ1v) is 6.94. The first kappa shape index (κ1) is 14.6. The van der Waals surface area contributed by atoms with Crippen LogP contribution in [-0.2, 0) is 11.3 Å². The van der Waals surface area contributed by atoms with Gasteiger partial charge in [-0.3, -0.25) is 4.79 Å². The zero-order valence-electron chi connectivity index (χ0n) is 11.2. The zero-order valence-corrected chi connectivity index (χ0v) is 12.0. The Morgan fingerprint density at radius 3 is 2.75 bits per heavy atom. The molecule has 1 aromatic carbocycles. The summed E-state index contributed by atoms with van der Waals surface area (Å²) in [5.74, 6) is -1.24. The van der Waals surface area contributed by atoms with E-state index in [0.717, 1.165) is 15.6 Å². The molecule has 0 radical (unpaired) electrons. The van der Waals surface area contributed by atoms with E-state index < -0.39 is 17.8 Å². The molecule has 2 rings (SSSR count). The van der Waals surface area contributed by atoms with E-state index >= 15 is 0 Å². The van der Waals surface area contributed by atoms with Gasteiger partial charge in [-0.1, -0.05) is 18.2 Å². The minimum Gasteiger partial charge on any atom is -0.378 e. The molecule has 1 aromatic heterocycles. The molecular formula is C14H15FN2O2S. The first-order valence-electron chi connectivity index (χ1n) is 6.12. The molecular weight excluding hydrogens is 279 g/mol. The highest BCUT2D eigenvalue weighted by Crippen LogP contribution is 2.18. The SMILES string of the molecule is Cc1nc(CNC(=O)[C@H](O)c2ccccc2F)sc1C. The molecule has 0 fully saturated rings. The predicted molar refractivity (Wildman–Crippen MR) is 74.8 cm³/mol. The summed E-state index contributed by atoms with van der Waals surface area (Å²) >= 11 is 1.49. The largest absolute Gasteiger partial charge is 0.378 e. The fourth-order valence-corrected chi connectivity index (χ4v) is 2.59. The molecule has 106 valence electrons. The lowest BCUT2D eigenvalue weighted by Crippen LogP contribution is -2.29. The number of aliphatic hydroxyl groups is 1. The van der Waals surface area contributed by atoms with Crippen LogP contribution >= 0.6 is 11.3 Å². The first-order chi connectivity index (χ1) is 9.49. The number of aryl methyl sites for hydroxylation is 2. The lowest BCUT2D eigenvalue weighted by atomic mass is 10.1. The molecule has 0 aliphatic carbocycles. The summed E-state index contributed by atoms with van der Waals surface area (Å²) < 4.78 is 13.5. The lowest BCUT2D eigenvalue weighted by Gasteiger charge is -2.11. The lowest BCUT2D eigenvalue weighted by molar-refractivity contribution is -0.129. The normalized spacial score (nSPS) is 12.2. The fraction of sp³-hybridized carbons (Fsp3) is 0.286. The van der Waals surface area contributed by atoms with E-state index in [2.05, 4.69) is 10.3 Å². The van der Waals surface area contributed by atoms with Crippen molar-refractivity contribution < 1.29 is 14.3 Å². The van der Waals surface area contributed by atoms with Crippen LogP contribution in [0.5, 0.6) is 0 Å². The summed E-state index contributed by atoms with van der Waals surface area (Å²) in [4.78, 5) is 17.2. The average Bonchev–Trinajstić information content (AvgIpc) is 2.75. The van der Waals surface area contributed by atoms with Crippen molar-refractivity contribution in [2.24, 2.45) is 0 Å². The van der Waals surface area contributed by atoms with Crippen LogP contribution in [-0.4, -0.2) is 16.0 Å². The molecule has 0 unspecified atom stereocenters. The molecule has 0 bridgehead atoms.